The number of rotatable bonds is 8. The third kappa shape index (κ3) is 5.18. The van der Waals surface area contributed by atoms with Gasteiger partial charge in [0, 0.05) is 0 Å². The van der Waals surface area contributed by atoms with Crippen molar-refractivity contribution in [3.05, 3.63) is 84.4 Å². The lowest BCUT2D eigenvalue weighted by molar-refractivity contribution is -0.696. The minimum Gasteiger partial charge on any atom is -0.236 e. The molecule has 0 fully saturated rings. The summed E-state index contributed by atoms with van der Waals surface area (Å²) in [5.74, 6) is 0. The number of aryl methyl sites for hydroxylation is 1. The molecule has 0 atom stereocenters. The van der Waals surface area contributed by atoms with E-state index in [0.29, 0.717) is 0 Å². The Morgan fingerprint density at radius 1 is 0.880 bits per heavy atom. The van der Waals surface area contributed by atoms with Crippen LogP contribution < -0.4 is 4.57 Å². The van der Waals surface area contributed by atoms with Gasteiger partial charge in [-0.25, -0.2) is 9.13 Å². The number of aromatic nitrogens is 2. The van der Waals surface area contributed by atoms with Gasteiger partial charge in [-0.15, -0.1) is 0 Å². The SMILES string of the molecule is CCCCCC[n+]1ccn(-c2cccc(/C=C/c3ccccc3)c2)c1. The highest BCUT2D eigenvalue weighted by Gasteiger charge is 2.06. The fourth-order valence-electron chi connectivity index (χ4n) is 2.95. The summed E-state index contributed by atoms with van der Waals surface area (Å²) >= 11 is 0. The van der Waals surface area contributed by atoms with Crippen LogP contribution in [-0.2, 0) is 6.54 Å². The maximum absolute atomic E-state index is 2.28. The van der Waals surface area contributed by atoms with Gasteiger partial charge < -0.3 is 0 Å². The number of imidazole rings is 1. The summed E-state index contributed by atoms with van der Waals surface area (Å²) in [6, 6.07) is 19.0. The zero-order valence-corrected chi connectivity index (χ0v) is 15.0. The van der Waals surface area contributed by atoms with Crippen molar-refractivity contribution in [1.82, 2.24) is 4.57 Å². The fourth-order valence-corrected chi connectivity index (χ4v) is 2.95. The van der Waals surface area contributed by atoms with Crippen molar-refractivity contribution in [3.63, 3.8) is 0 Å². The largest absolute Gasteiger partial charge is 0.248 e. The highest BCUT2D eigenvalue weighted by molar-refractivity contribution is 5.70. The average Bonchev–Trinajstić information content (AvgIpc) is 3.14. The quantitative estimate of drug-likeness (QED) is 0.292. The van der Waals surface area contributed by atoms with Gasteiger partial charge in [-0.05, 0) is 36.1 Å². The van der Waals surface area contributed by atoms with Crippen molar-refractivity contribution in [2.24, 2.45) is 0 Å². The number of hydrogen-bond donors (Lipinski definition) is 0. The van der Waals surface area contributed by atoms with Crippen molar-refractivity contribution < 1.29 is 4.57 Å². The van der Waals surface area contributed by atoms with E-state index in [9.17, 15) is 0 Å². The Labute approximate surface area is 151 Å². The Balaban J connectivity index is 1.67. The van der Waals surface area contributed by atoms with Gasteiger partial charge in [0.15, 0.2) is 0 Å². The second kappa shape index (κ2) is 9.03. The third-order valence-electron chi connectivity index (χ3n) is 4.40. The van der Waals surface area contributed by atoms with E-state index in [1.807, 2.05) is 6.07 Å². The first-order valence-corrected chi connectivity index (χ1v) is 9.26. The molecule has 0 amide bonds. The zero-order chi connectivity index (χ0) is 17.3. The second-order valence-electron chi connectivity index (χ2n) is 6.46. The zero-order valence-electron chi connectivity index (χ0n) is 15.0. The van der Waals surface area contributed by atoms with E-state index >= 15 is 0 Å². The van der Waals surface area contributed by atoms with E-state index < -0.39 is 0 Å². The molecule has 2 heteroatoms. The lowest BCUT2D eigenvalue weighted by Gasteiger charge is -1.99. The first-order valence-electron chi connectivity index (χ1n) is 9.26. The molecule has 2 aromatic carbocycles. The molecule has 0 saturated heterocycles. The van der Waals surface area contributed by atoms with Gasteiger partial charge in [0.25, 0.3) is 0 Å². The van der Waals surface area contributed by atoms with Crippen LogP contribution in [0.3, 0.4) is 0 Å². The van der Waals surface area contributed by atoms with Crippen LogP contribution in [0.5, 0.6) is 0 Å². The standard InChI is InChI=1S/C23H27N2/c1-2-3-4-8-16-24-17-18-25(20-24)23-13-9-12-22(19-23)15-14-21-10-6-5-7-11-21/h5-7,9-15,17-20H,2-4,8,16H2,1H3/q+1/b15-14+. The molecule has 1 aromatic heterocycles. The van der Waals surface area contributed by atoms with E-state index in [0.717, 1.165) is 6.54 Å². The van der Waals surface area contributed by atoms with E-state index in [4.69, 9.17) is 0 Å². The fraction of sp³-hybridized carbons (Fsp3) is 0.261. The van der Waals surface area contributed by atoms with Crippen LogP contribution in [0.2, 0.25) is 0 Å². The van der Waals surface area contributed by atoms with Crippen LogP contribution in [0.4, 0.5) is 0 Å². The first-order chi connectivity index (χ1) is 12.3. The van der Waals surface area contributed by atoms with Crippen LogP contribution in [0.15, 0.2) is 73.3 Å². The summed E-state index contributed by atoms with van der Waals surface area (Å²) in [6.07, 6.45) is 16.0. The van der Waals surface area contributed by atoms with Crippen LogP contribution in [0.25, 0.3) is 17.8 Å². The van der Waals surface area contributed by atoms with Crippen molar-refractivity contribution in [1.29, 1.82) is 0 Å². The van der Waals surface area contributed by atoms with E-state index in [-0.39, 0.29) is 0 Å². The van der Waals surface area contributed by atoms with E-state index in [2.05, 4.69) is 95.5 Å². The van der Waals surface area contributed by atoms with Crippen molar-refractivity contribution in [2.75, 3.05) is 0 Å². The lowest BCUT2D eigenvalue weighted by atomic mass is 10.1. The van der Waals surface area contributed by atoms with Crippen molar-refractivity contribution in [3.8, 4) is 5.69 Å². The van der Waals surface area contributed by atoms with Crippen LogP contribution >= 0.6 is 0 Å². The summed E-state index contributed by atoms with van der Waals surface area (Å²) in [7, 11) is 0. The van der Waals surface area contributed by atoms with Crippen LogP contribution in [0, 0.1) is 0 Å². The van der Waals surface area contributed by atoms with Gasteiger partial charge in [0.05, 0.1) is 6.54 Å². The van der Waals surface area contributed by atoms with Crippen molar-refractivity contribution >= 4 is 12.2 Å². The molecule has 0 aliphatic heterocycles. The number of hydrogen-bond acceptors (Lipinski definition) is 0. The monoisotopic (exact) mass is 331 g/mol. The molecule has 0 aliphatic rings. The van der Waals surface area contributed by atoms with Gasteiger partial charge in [0.2, 0.25) is 6.33 Å². The summed E-state index contributed by atoms with van der Waals surface area (Å²) in [6.45, 7) is 3.35. The minimum absolute atomic E-state index is 1.10. The number of benzene rings is 2. The Bertz CT molecular complexity index is 800. The molecule has 0 saturated carbocycles. The van der Waals surface area contributed by atoms with Gasteiger partial charge in [-0.3, -0.25) is 0 Å². The molecule has 0 radical (unpaired) electrons. The topological polar surface area (TPSA) is 8.81 Å². The summed E-state index contributed by atoms with van der Waals surface area (Å²) in [5, 5.41) is 0. The molecular weight excluding hydrogens is 304 g/mol. The molecule has 128 valence electrons. The van der Waals surface area contributed by atoms with Crippen LogP contribution in [0.1, 0.15) is 43.7 Å². The summed E-state index contributed by atoms with van der Waals surface area (Å²) < 4.78 is 4.47. The molecule has 3 aromatic rings. The molecule has 2 nitrogen and oxygen atoms in total. The molecule has 25 heavy (non-hydrogen) atoms. The molecule has 0 N–H and O–H groups in total. The number of nitrogens with zero attached hydrogens (tertiary/aromatic N) is 2. The molecule has 0 unspecified atom stereocenters. The minimum atomic E-state index is 1.10. The summed E-state index contributed by atoms with van der Waals surface area (Å²) in [4.78, 5) is 0. The normalized spacial score (nSPS) is 11.2. The summed E-state index contributed by atoms with van der Waals surface area (Å²) in [5.41, 5.74) is 3.63. The van der Waals surface area contributed by atoms with Gasteiger partial charge in [0.1, 0.15) is 18.1 Å². The van der Waals surface area contributed by atoms with Gasteiger partial charge in [-0.2, -0.15) is 0 Å². The number of unbranched alkanes of at least 4 members (excludes halogenated alkanes) is 3. The molecule has 0 spiro atoms. The Hall–Kier alpha value is -2.61. The van der Waals surface area contributed by atoms with Crippen molar-refractivity contribution in [2.45, 2.75) is 39.2 Å². The molecular formula is C23H27N2+. The second-order valence-corrected chi connectivity index (χ2v) is 6.46. The molecule has 3 rings (SSSR count). The predicted molar refractivity (Wildman–Crippen MR) is 105 cm³/mol. The van der Waals surface area contributed by atoms with Crippen LogP contribution in [-0.4, -0.2) is 4.57 Å². The lowest BCUT2D eigenvalue weighted by Crippen LogP contribution is -2.30. The maximum Gasteiger partial charge on any atom is 0.248 e. The smallest absolute Gasteiger partial charge is 0.236 e. The average molecular weight is 331 g/mol. The van der Waals surface area contributed by atoms with E-state index in [1.54, 1.807) is 0 Å². The predicted octanol–water partition coefficient (Wildman–Crippen LogP) is 5.52. The molecule has 0 aliphatic carbocycles. The van der Waals surface area contributed by atoms with E-state index in [1.165, 1.54) is 42.5 Å². The molecule has 0 bridgehead atoms. The van der Waals surface area contributed by atoms with Gasteiger partial charge >= 0.3 is 0 Å². The first kappa shape index (κ1) is 17.2. The Morgan fingerprint density at radius 3 is 2.52 bits per heavy atom. The Kier molecular flexibility index (Phi) is 6.22. The highest BCUT2D eigenvalue weighted by atomic mass is 15.1. The van der Waals surface area contributed by atoms with Gasteiger partial charge in [-0.1, -0.05) is 74.4 Å². The maximum atomic E-state index is 2.28. The third-order valence-corrected chi connectivity index (χ3v) is 4.40. The molecule has 1 heterocycles. The Morgan fingerprint density at radius 2 is 1.68 bits per heavy atom. The highest BCUT2D eigenvalue weighted by Crippen LogP contribution is 2.13.